The first-order chi connectivity index (χ1) is 16.4. The minimum Gasteiger partial charge on any atom is -0.489 e. The second kappa shape index (κ2) is 11.9. The normalized spacial score (nSPS) is 11.2. The number of benzene rings is 2. The van der Waals surface area contributed by atoms with Crippen LogP contribution in [0.1, 0.15) is 41.3 Å². The summed E-state index contributed by atoms with van der Waals surface area (Å²) in [7, 11) is 3.17. The number of amides is 1. The second-order valence-electron chi connectivity index (χ2n) is 8.26. The number of furan rings is 1. The molecule has 0 unspecified atom stereocenters. The summed E-state index contributed by atoms with van der Waals surface area (Å²) in [6, 6.07) is 17.1. The van der Waals surface area contributed by atoms with Gasteiger partial charge in [-0.05, 0) is 56.7 Å². The number of nitrogens with zero attached hydrogens (tertiary/aromatic N) is 1. The summed E-state index contributed by atoms with van der Waals surface area (Å²) in [5.41, 5.74) is 4.62. The molecule has 0 radical (unpaired) electrons. The molecule has 3 aromatic rings. The zero-order valence-electron chi connectivity index (χ0n) is 20.2. The number of rotatable bonds is 10. The predicted octanol–water partition coefficient (Wildman–Crippen LogP) is 5.81. The molecule has 0 aliphatic carbocycles. The lowest BCUT2D eigenvalue weighted by Crippen LogP contribution is -2.26. The Morgan fingerprint density at radius 1 is 1.06 bits per heavy atom. The molecule has 34 heavy (non-hydrogen) atoms. The van der Waals surface area contributed by atoms with E-state index in [1.54, 1.807) is 18.2 Å². The lowest BCUT2D eigenvalue weighted by Gasteiger charge is -2.20. The molecule has 0 atom stereocenters. The molecule has 0 bridgehead atoms. The molecule has 0 aliphatic rings. The summed E-state index contributed by atoms with van der Waals surface area (Å²) >= 11 is 0. The lowest BCUT2D eigenvalue weighted by molar-refractivity contribution is -0.140. The van der Waals surface area contributed by atoms with Crippen LogP contribution in [0.4, 0.5) is 0 Å². The van der Waals surface area contributed by atoms with E-state index in [1.165, 1.54) is 7.11 Å². The highest BCUT2D eigenvalue weighted by Gasteiger charge is 2.15. The van der Waals surface area contributed by atoms with Gasteiger partial charge < -0.3 is 18.8 Å². The van der Waals surface area contributed by atoms with Crippen LogP contribution in [-0.4, -0.2) is 37.5 Å². The summed E-state index contributed by atoms with van der Waals surface area (Å²) in [5, 5.41) is 0. The first kappa shape index (κ1) is 24.8. The molecule has 2 aromatic carbocycles. The van der Waals surface area contributed by atoms with Crippen molar-refractivity contribution in [3.63, 3.8) is 0 Å². The standard InChI is InChI=1S/C28H31NO5/c1-20(8-14-27(30)32-4)15-17-34-26-13-7-21(2)18-24(26)19-29(3)28(31)23-11-9-22(10-12-23)25-6-5-16-33-25/h5-7,9-13,15-16,18H,8,14,17,19H2,1-4H3/b20-15+. The van der Waals surface area contributed by atoms with Gasteiger partial charge in [0.15, 0.2) is 0 Å². The molecule has 0 fully saturated rings. The van der Waals surface area contributed by atoms with E-state index in [0.717, 1.165) is 33.8 Å². The number of methoxy groups -OCH3 is 1. The van der Waals surface area contributed by atoms with Crippen LogP contribution >= 0.6 is 0 Å². The molecule has 3 rings (SSSR count). The number of allylic oxidation sites excluding steroid dienone is 1. The molecule has 0 saturated heterocycles. The molecule has 178 valence electrons. The van der Waals surface area contributed by atoms with E-state index in [9.17, 15) is 9.59 Å². The molecule has 0 N–H and O–H groups in total. The van der Waals surface area contributed by atoms with Gasteiger partial charge in [-0.25, -0.2) is 0 Å². The Labute approximate surface area is 200 Å². The summed E-state index contributed by atoms with van der Waals surface area (Å²) in [6.07, 6.45) is 4.57. The molecule has 1 heterocycles. The SMILES string of the molecule is COC(=O)CC/C(C)=C/COc1ccc(C)cc1CN(C)C(=O)c1ccc(-c2ccco2)cc1. The maximum absolute atomic E-state index is 13.0. The van der Waals surface area contributed by atoms with Crippen molar-refractivity contribution < 1.29 is 23.5 Å². The molecular formula is C28H31NO5. The predicted molar refractivity (Wildman–Crippen MR) is 132 cm³/mol. The van der Waals surface area contributed by atoms with Gasteiger partial charge in [-0.1, -0.05) is 35.4 Å². The summed E-state index contributed by atoms with van der Waals surface area (Å²) in [5.74, 6) is 1.20. The third kappa shape index (κ3) is 6.85. The average Bonchev–Trinajstić information content (AvgIpc) is 3.38. The fourth-order valence-corrected chi connectivity index (χ4v) is 3.52. The molecule has 6 nitrogen and oxygen atoms in total. The number of aryl methyl sites for hydroxylation is 1. The lowest BCUT2D eigenvalue weighted by atomic mass is 10.1. The smallest absolute Gasteiger partial charge is 0.305 e. The number of hydrogen-bond donors (Lipinski definition) is 0. The van der Waals surface area contributed by atoms with Gasteiger partial charge >= 0.3 is 5.97 Å². The highest BCUT2D eigenvalue weighted by atomic mass is 16.5. The fraction of sp³-hybridized carbons (Fsp3) is 0.286. The van der Waals surface area contributed by atoms with Crippen molar-refractivity contribution >= 4 is 11.9 Å². The van der Waals surface area contributed by atoms with Crippen LogP contribution in [0.5, 0.6) is 5.75 Å². The van der Waals surface area contributed by atoms with Crippen LogP contribution in [0.3, 0.4) is 0 Å². The number of hydrogen-bond acceptors (Lipinski definition) is 5. The number of ether oxygens (including phenoxy) is 2. The summed E-state index contributed by atoms with van der Waals surface area (Å²) < 4.78 is 16.1. The molecule has 6 heteroatoms. The minimum absolute atomic E-state index is 0.0722. The van der Waals surface area contributed by atoms with Gasteiger partial charge in [-0.2, -0.15) is 0 Å². The van der Waals surface area contributed by atoms with E-state index in [2.05, 4.69) is 4.74 Å². The maximum Gasteiger partial charge on any atom is 0.305 e. The first-order valence-corrected chi connectivity index (χ1v) is 11.2. The Bertz CT molecular complexity index is 1130. The zero-order valence-corrected chi connectivity index (χ0v) is 20.2. The van der Waals surface area contributed by atoms with E-state index >= 15 is 0 Å². The number of esters is 1. The summed E-state index contributed by atoms with van der Waals surface area (Å²) in [4.78, 5) is 26.0. The van der Waals surface area contributed by atoms with Crippen LogP contribution in [0, 0.1) is 6.92 Å². The number of carbonyl (C=O) groups is 2. The minimum atomic E-state index is -0.224. The summed E-state index contributed by atoms with van der Waals surface area (Å²) in [6.45, 7) is 4.78. The van der Waals surface area contributed by atoms with Gasteiger partial charge in [0, 0.05) is 36.7 Å². The Morgan fingerprint density at radius 3 is 2.50 bits per heavy atom. The third-order valence-corrected chi connectivity index (χ3v) is 5.53. The van der Waals surface area contributed by atoms with Crippen LogP contribution in [0.25, 0.3) is 11.3 Å². The molecule has 1 amide bonds. The van der Waals surface area contributed by atoms with Gasteiger partial charge in [-0.15, -0.1) is 0 Å². The van der Waals surface area contributed by atoms with Gasteiger partial charge in [0.25, 0.3) is 5.91 Å². The van der Waals surface area contributed by atoms with Gasteiger partial charge in [0.2, 0.25) is 0 Å². The van der Waals surface area contributed by atoms with Crippen molar-refractivity contribution in [2.45, 2.75) is 33.2 Å². The monoisotopic (exact) mass is 461 g/mol. The van der Waals surface area contributed by atoms with E-state index in [0.29, 0.717) is 31.6 Å². The first-order valence-electron chi connectivity index (χ1n) is 11.2. The van der Waals surface area contributed by atoms with E-state index in [4.69, 9.17) is 9.15 Å². The van der Waals surface area contributed by atoms with Crippen molar-refractivity contribution in [1.82, 2.24) is 4.90 Å². The Kier molecular flexibility index (Phi) is 8.68. The van der Waals surface area contributed by atoms with Crippen molar-refractivity contribution in [3.05, 3.63) is 89.2 Å². The van der Waals surface area contributed by atoms with Crippen LogP contribution < -0.4 is 4.74 Å². The van der Waals surface area contributed by atoms with Crippen LogP contribution in [0.2, 0.25) is 0 Å². The Hall–Kier alpha value is -3.80. The van der Waals surface area contributed by atoms with E-state index in [1.807, 2.05) is 74.5 Å². The Morgan fingerprint density at radius 2 is 1.82 bits per heavy atom. The molecule has 0 saturated carbocycles. The highest BCUT2D eigenvalue weighted by Crippen LogP contribution is 2.24. The molecular weight excluding hydrogens is 430 g/mol. The van der Waals surface area contributed by atoms with Crippen molar-refractivity contribution in [2.75, 3.05) is 20.8 Å². The van der Waals surface area contributed by atoms with Crippen molar-refractivity contribution in [1.29, 1.82) is 0 Å². The average molecular weight is 462 g/mol. The van der Waals surface area contributed by atoms with E-state index in [-0.39, 0.29) is 11.9 Å². The number of carbonyl (C=O) groups excluding carboxylic acids is 2. The second-order valence-corrected chi connectivity index (χ2v) is 8.26. The van der Waals surface area contributed by atoms with Crippen LogP contribution in [0.15, 0.2) is 76.9 Å². The van der Waals surface area contributed by atoms with Gasteiger partial charge in [-0.3, -0.25) is 9.59 Å². The fourth-order valence-electron chi connectivity index (χ4n) is 3.52. The largest absolute Gasteiger partial charge is 0.489 e. The molecule has 1 aromatic heterocycles. The van der Waals surface area contributed by atoms with Gasteiger partial charge in [0.1, 0.15) is 18.1 Å². The zero-order chi connectivity index (χ0) is 24.5. The third-order valence-electron chi connectivity index (χ3n) is 5.53. The van der Waals surface area contributed by atoms with Crippen LogP contribution in [-0.2, 0) is 16.1 Å². The maximum atomic E-state index is 13.0. The van der Waals surface area contributed by atoms with Gasteiger partial charge in [0.05, 0.1) is 13.4 Å². The van der Waals surface area contributed by atoms with Crippen molar-refractivity contribution in [2.24, 2.45) is 0 Å². The van der Waals surface area contributed by atoms with E-state index < -0.39 is 0 Å². The Balaban J connectivity index is 1.63. The topological polar surface area (TPSA) is 69.0 Å². The molecule has 0 spiro atoms. The quantitative estimate of drug-likeness (QED) is 0.282. The highest BCUT2D eigenvalue weighted by molar-refractivity contribution is 5.94. The van der Waals surface area contributed by atoms with Crippen molar-refractivity contribution in [3.8, 4) is 17.1 Å². The molecule has 0 aliphatic heterocycles.